The molecule has 0 radical (unpaired) electrons. The van der Waals surface area contributed by atoms with Gasteiger partial charge in [0.1, 0.15) is 0 Å². The molecule has 0 aliphatic carbocycles. The van der Waals surface area contributed by atoms with Crippen LogP contribution in [0.4, 0.5) is 11.4 Å². The average Bonchev–Trinajstić information content (AvgIpc) is 3.12. The minimum absolute atomic E-state index is 0.0860. The Kier molecular flexibility index (Phi) is 7.37. The number of nitrogens with zero attached hydrogens (tertiary/aromatic N) is 1. The molecule has 0 unspecified atom stereocenters. The normalized spacial score (nSPS) is 15.5. The third-order valence-corrected chi connectivity index (χ3v) is 4.87. The Hall–Kier alpha value is -3.68. The van der Waals surface area contributed by atoms with E-state index in [1.54, 1.807) is 29.2 Å². The fourth-order valence-corrected chi connectivity index (χ4v) is 3.38. The van der Waals surface area contributed by atoms with Crippen molar-refractivity contribution in [3.05, 3.63) is 60.2 Å². The summed E-state index contributed by atoms with van der Waals surface area (Å²) in [6, 6.07) is 16.5. The van der Waals surface area contributed by atoms with Crippen molar-refractivity contribution in [1.29, 1.82) is 0 Å². The number of ether oxygens (including phenoxy) is 1. The first-order chi connectivity index (χ1) is 14.9. The number of nitrogens with one attached hydrogen (secondary N) is 2. The molecule has 3 rings (SSSR count). The summed E-state index contributed by atoms with van der Waals surface area (Å²) < 4.78 is 5.11. The second-order valence-electron chi connectivity index (χ2n) is 7.39. The lowest BCUT2D eigenvalue weighted by Crippen LogP contribution is -2.29. The lowest BCUT2D eigenvalue weighted by Gasteiger charge is -2.16. The van der Waals surface area contributed by atoms with E-state index >= 15 is 0 Å². The van der Waals surface area contributed by atoms with E-state index in [1.165, 1.54) is 6.92 Å². The van der Waals surface area contributed by atoms with Crippen LogP contribution in [-0.2, 0) is 30.3 Å². The van der Waals surface area contributed by atoms with Crippen LogP contribution in [0.3, 0.4) is 0 Å². The van der Waals surface area contributed by atoms with Gasteiger partial charge in [-0.3, -0.25) is 19.2 Å². The average molecular weight is 423 g/mol. The Morgan fingerprint density at radius 1 is 1.03 bits per heavy atom. The molecule has 0 bridgehead atoms. The Morgan fingerprint density at radius 2 is 1.74 bits per heavy atom. The van der Waals surface area contributed by atoms with Gasteiger partial charge in [-0.05, 0) is 30.2 Å². The van der Waals surface area contributed by atoms with Gasteiger partial charge in [-0.2, -0.15) is 0 Å². The summed E-state index contributed by atoms with van der Waals surface area (Å²) in [5.74, 6) is -1.94. The minimum atomic E-state index is -0.570. The van der Waals surface area contributed by atoms with Crippen LogP contribution < -0.4 is 10.6 Å². The highest BCUT2D eigenvalue weighted by Crippen LogP contribution is 2.20. The van der Waals surface area contributed by atoms with E-state index in [0.717, 1.165) is 5.56 Å². The van der Waals surface area contributed by atoms with Gasteiger partial charge < -0.3 is 20.3 Å². The molecule has 8 heteroatoms. The Morgan fingerprint density at radius 3 is 2.45 bits per heavy atom. The topological polar surface area (TPSA) is 105 Å². The van der Waals surface area contributed by atoms with Crippen molar-refractivity contribution in [3.8, 4) is 0 Å². The first kappa shape index (κ1) is 22.0. The van der Waals surface area contributed by atoms with E-state index in [1.807, 2.05) is 30.3 Å². The summed E-state index contributed by atoms with van der Waals surface area (Å²) >= 11 is 0. The predicted molar refractivity (Wildman–Crippen MR) is 115 cm³/mol. The van der Waals surface area contributed by atoms with Crippen molar-refractivity contribution in [3.63, 3.8) is 0 Å². The maximum Gasteiger partial charge on any atom is 0.311 e. The van der Waals surface area contributed by atoms with Crippen molar-refractivity contribution in [1.82, 2.24) is 4.90 Å². The number of carbonyl (C=O) groups excluding carboxylic acids is 4. The van der Waals surface area contributed by atoms with Crippen LogP contribution in [0.2, 0.25) is 0 Å². The minimum Gasteiger partial charge on any atom is -0.455 e. The molecule has 3 amide bonds. The third-order valence-electron chi connectivity index (χ3n) is 4.87. The fourth-order valence-electron chi connectivity index (χ4n) is 3.38. The molecule has 8 nitrogen and oxygen atoms in total. The van der Waals surface area contributed by atoms with Gasteiger partial charge in [-0.15, -0.1) is 0 Å². The summed E-state index contributed by atoms with van der Waals surface area (Å²) in [4.78, 5) is 49.4. The molecule has 1 aliphatic heterocycles. The lowest BCUT2D eigenvalue weighted by molar-refractivity contribution is -0.151. The molecule has 1 fully saturated rings. The molecule has 2 aromatic rings. The molecule has 2 aromatic carbocycles. The molecule has 1 aliphatic rings. The van der Waals surface area contributed by atoms with Crippen molar-refractivity contribution >= 4 is 35.1 Å². The molecule has 1 atom stereocenters. The molecule has 31 heavy (non-hydrogen) atoms. The van der Waals surface area contributed by atoms with Crippen molar-refractivity contribution in [2.24, 2.45) is 5.92 Å². The van der Waals surface area contributed by atoms with Gasteiger partial charge in [0.15, 0.2) is 6.61 Å². The Bertz CT molecular complexity index is 961. The summed E-state index contributed by atoms with van der Waals surface area (Å²) in [5, 5.41) is 5.24. The van der Waals surface area contributed by atoms with Gasteiger partial charge in [-0.25, -0.2) is 0 Å². The summed E-state index contributed by atoms with van der Waals surface area (Å²) in [7, 11) is 0. The number of hydrogen-bond donors (Lipinski definition) is 2. The van der Waals surface area contributed by atoms with Gasteiger partial charge >= 0.3 is 5.97 Å². The van der Waals surface area contributed by atoms with Crippen LogP contribution in [0.1, 0.15) is 18.9 Å². The first-order valence-electron chi connectivity index (χ1n) is 10.1. The van der Waals surface area contributed by atoms with E-state index in [9.17, 15) is 19.2 Å². The number of rotatable bonds is 8. The highest BCUT2D eigenvalue weighted by molar-refractivity contribution is 5.95. The lowest BCUT2D eigenvalue weighted by atomic mass is 10.1. The number of benzene rings is 2. The number of likely N-dealkylation sites (tertiary alicyclic amines) is 1. The van der Waals surface area contributed by atoms with Crippen molar-refractivity contribution in [2.45, 2.75) is 19.8 Å². The molecule has 0 saturated carbocycles. The molecule has 0 aromatic heterocycles. The zero-order valence-corrected chi connectivity index (χ0v) is 17.3. The van der Waals surface area contributed by atoms with Gasteiger partial charge in [0.05, 0.1) is 5.92 Å². The van der Waals surface area contributed by atoms with E-state index < -0.39 is 24.4 Å². The molecular formula is C23H25N3O5. The van der Waals surface area contributed by atoms with Crippen molar-refractivity contribution in [2.75, 3.05) is 30.3 Å². The second kappa shape index (κ2) is 10.4. The molecular weight excluding hydrogens is 398 g/mol. The number of anilines is 2. The van der Waals surface area contributed by atoms with Crippen molar-refractivity contribution < 1.29 is 23.9 Å². The summed E-state index contributed by atoms with van der Waals surface area (Å²) in [6.07, 6.45) is 0.808. The van der Waals surface area contributed by atoms with E-state index in [0.29, 0.717) is 30.9 Å². The largest absolute Gasteiger partial charge is 0.455 e. The van der Waals surface area contributed by atoms with Gasteiger partial charge in [0, 0.05) is 37.8 Å². The van der Waals surface area contributed by atoms with Crippen LogP contribution in [-0.4, -0.2) is 48.3 Å². The van der Waals surface area contributed by atoms with Gasteiger partial charge in [0.25, 0.3) is 5.91 Å². The number of esters is 1. The Labute approximate surface area is 180 Å². The first-order valence-corrected chi connectivity index (χ1v) is 10.1. The van der Waals surface area contributed by atoms with E-state index in [2.05, 4.69) is 10.6 Å². The monoisotopic (exact) mass is 423 g/mol. The maximum absolute atomic E-state index is 12.3. The zero-order valence-electron chi connectivity index (χ0n) is 17.3. The Balaban J connectivity index is 1.43. The van der Waals surface area contributed by atoms with Crippen LogP contribution in [0, 0.1) is 5.92 Å². The quantitative estimate of drug-likeness (QED) is 0.634. The number of carbonyl (C=O) groups is 4. The second-order valence-corrected chi connectivity index (χ2v) is 7.39. The van der Waals surface area contributed by atoms with Crippen LogP contribution in [0.15, 0.2) is 54.6 Å². The standard InChI is InChI=1S/C23H25N3O5/c1-16(27)24-19-8-5-9-20(13-19)25-21(28)15-31-23(30)18-12-22(29)26(14-18)11-10-17-6-3-2-4-7-17/h2-9,13,18H,10-12,14-15H2,1H3,(H,24,27)(H,25,28)/t18-/m1/s1. The fraction of sp³-hybridized carbons (Fsp3) is 0.304. The van der Waals surface area contributed by atoms with Crippen LogP contribution in [0.5, 0.6) is 0 Å². The van der Waals surface area contributed by atoms with Gasteiger partial charge in [-0.1, -0.05) is 36.4 Å². The highest BCUT2D eigenvalue weighted by Gasteiger charge is 2.35. The number of hydrogen-bond acceptors (Lipinski definition) is 5. The molecule has 2 N–H and O–H groups in total. The third kappa shape index (κ3) is 6.67. The number of amides is 3. The highest BCUT2D eigenvalue weighted by atomic mass is 16.5. The predicted octanol–water partition coefficient (Wildman–Crippen LogP) is 2.22. The molecule has 1 saturated heterocycles. The SMILES string of the molecule is CC(=O)Nc1cccc(NC(=O)COC(=O)[C@@H]2CC(=O)N(CCc3ccccc3)C2)c1. The van der Waals surface area contributed by atoms with E-state index in [-0.39, 0.29) is 18.2 Å². The molecule has 0 spiro atoms. The summed E-state index contributed by atoms with van der Waals surface area (Å²) in [6.45, 7) is 1.78. The maximum atomic E-state index is 12.3. The smallest absolute Gasteiger partial charge is 0.311 e. The van der Waals surface area contributed by atoms with Crippen LogP contribution >= 0.6 is 0 Å². The summed E-state index contributed by atoms with van der Waals surface area (Å²) in [5.41, 5.74) is 2.14. The van der Waals surface area contributed by atoms with Gasteiger partial charge in [0.2, 0.25) is 11.8 Å². The molecule has 162 valence electrons. The zero-order chi connectivity index (χ0) is 22.2. The van der Waals surface area contributed by atoms with E-state index in [4.69, 9.17) is 4.74 Å². The van der Waals surface area contributed by atoms with Crippen LogP contribution in [0.25, 0.3) is 0 Å². The molecule has 1 heterocycles.